The molecule has 0 aromatic carbocycles. The van der Waals surface area contributed by atoms with E-state index in [1.165, 1.54) is 25.7 Å². The predicted molar refractivity (Wildman–Crippen MR) is 201 cm³/mol. The predicted octanol–water partition coefficient (Wildman–Crippen LogP) is 11.6. The van der Waals surface area contributed by atoms with E-state index < -0.39 is 12.1 Å². The summed E-state index contributed by atoms with van der Waals surface area (Å²) in [5, 5.41) is 0. The van der Waals surface area contributed by atoms with Crippen LogP contribution in [0, 0.1) is 0 Å². The van der Waals surface area contributed by atoms with Crippen LogP contribution >= 0.6 is 0 Å². The van der Waals surface area contributed by atoms with E-state index in [9.17, 15) is 14.4 Å². The second-order valence-electron chi connectivity index (χ2n) is 12.1. The van der Waals surface area contributed by atoms with Crippen molar-refractivity contribution in [2.75, 3.05) is 13.2 Å². The lowest BCUT2D eigenvalue weighted by molar-refractivity contribution is -0.166. The minimum atomic E-state index is -0.822. The maximum Gasteiger partial charge on any atom is 0.309 e. The summed E-state index contributed by atoms with van der Waals surface area (Å²) in [7, 11) is 0. The van der Waals surface area contributed by atoms with E-state index in [0.29, 0.717) is 6.42 Å². The fourth-order valence-corrected chi connectivity index (χ4v) is 4.57. The van der Waals surface area contributed by atoms with Crippen LogP contribution in [0.15, 0.2) is 72.9 Å². The zero-order valence-electron chi connectivity index (χ0n) is 30.7. The van der Waals surface area contributed by atoms with Gasteiger partial charge in [0.05, 0.1) is 6.42 Å². The average Bonchev–Trinajstić information content (AvgIpc) is 3.08. The number of ether oxygens (including phenoxy) is 3. The monoisotopic (exact) mass is 669 g/mol. The van der Waals surface area contributed by atoms with Crippen LogP contribution in [0.4, 0.5) is 0 Å². The van der Waals surface area contributed by atoms with E-state index in [-0.39, 0.29) is 38.0 Å². The van der Waals surface area contributed by atoms with Crippen molar-refractivity contribution in [2.45, 2.75) is 162 Å². The maximum absolute atomic E-state index is 12.6. The molecule has 0 aliphatic heterocycles. The van der Waals surface area contributed by atoms with Gasteiger partial charge in [0, 0.05) is 12.8 Å². The van der Waals surface area contributed by atoms with Gasteiger partial charge in [0.2, 0.25) is 0 Å². The molecule has 1 atom stereocenters. The molecule has 272 valence electrons. The molecule has 0 bridgehead atoms. The van der Waals surface area contributed by atoms with Gasteiger partial charge < -0.3 is 14.2 Å². The van der Waals surface area contributed by atoms with Crippen LogP contribution in [0.1, 0.15) is 156 Å². The maximum atomic E-state index is 12.6. The number of carbonyl (C=O) groups excluding carboxylic acids is 3. The molecule has 6 nitrogen and oxygen atoms in total. The molecule has 0 aliphatic rings. The largest absolute Gasteiger partial charge is 0.462 e. The van der Waals surface area contributed by atoms with E-state index in [1.807, 2.05) is 6.08 Å². The lowest BCUT2D eigenvalue weighted by Crippen LogP contribution is -2.30. The summed E-state index contributed by atoms with van der Waals surface area (Å²) in [6.45, 7) is 6.24. The Morgan fingerprint density at radius 2 is 0.958 bits per heavy atom. The molecule has 0 amide bonds. The SMILES string of the molecule is CC/C=C\C/C=C\C/C=C\CC(=O)OCC(COC(=O)CCCCC/C=C\C=C/CCCC)OC(=O)CCCCCC/C=C\CCCC. The standard InChI is InChI=1S/C42H68O6/c1-4-7-10-13-16-19-21-24-26-29-32-35-41(44)47-38-39(37-46-40(43)34-31-28-25-22-18-15-12-9-6-3)48-42(45)36-33-30-27-23-20-17-14-11-8-5-2/h9,12-14,16-19,21-22,28,31,39H,4-8,10-11,15,20,23-27,29-30,32-38H2,1-3H3/b12-9-,16-13-,17-14-,21-19-,22-18-,31-28-. The molecular formula is C42H68O6. The Morgan fingerprint density at radius 1 is 0.479 bits per heavy atom. The first kappa shape index (κ1) is 44.9. The zero-order chi connectivity index (χ0) is 35.2. The van der Waals surface area contributed by atoms with E-state index in [0.717, 1.165) is 89.9 Å². The van der Waals surface area contributed by atoms with Crippen molar-refractivity contribution in [3.63, 3.8) is 0 Å². The Labute approximate surface area is 293 Å². The van der Waals surface area contributed by atoms with Gasteiger partial charge >= 0.3 is 17.9 Å². The molecule has 0 N–H and O–H groups in total. The van der Waals surface area contributed by atoms with E-state index in [4.69, 9.17) is 14.2 Å². The fraction of sp³-hybridized carbons (Fsp3) is 0.643. The highest BCUT2D eigenvalue weighted by Gasteiger charge is 2.19. The molecule has 0 aromatic rings. The Balaban J connectivity index is 4.55. The second-order valence-corrected chi connectivity index (χ2v) is 12.1. The average molecular weight is 669 g/mol. The first-order valence-corrected chi connectivity index (χ1v) is 19.0. The minimum Gasteiger partial charge on any atom is -0.462 e. The molecule has 0 heterocycles. The summed E-state index contributed by atoms with van der Waals surface area (Å²) in [6, 6.07) is 0. The molecule has 0 fully saturated rings. The van der Waals surface area contributed by atoms with Crippen LogP contribution in [0.3, 0.4) is 0 Å². The first-order valence-electron chi connectivity index (χ1n) is 19.0. The van der Waals surface area contributed by atoms with E-state index >= 15 is 0 Å². The Kier molecular flexibility index (Phi) is 34.3. The van der Waals surface area contributed by atoms with Crippen molar-refractivity contribution in [1.29, 1.82) is 0 Å². The minimum absolute atomic E-state index is 0.123. The van der Waals surface area contributed by atoms with Gasteiger partial charge in [-0.15, -0.1) is 0 Å². The topological polar surface area (TPSA) is 78.9 Å². The van der Waals surface area contributed by atoms with E-state index in [1.54, 1.807) is 6.08 Å². The molecule has 0 saturated heterocycles. The van der Waals surface area contributed by atoms with Crippen LogP contribution in [-0.2, 0) is 28.6 Å². The molecule has 6 heteroatoms. The highest BCUT2D eigenvalue weighted by molar-refractivity contribution is 5.72. The zero-order valence-corrected chi connectivity index (χ0v) is 30.7. The Morgan fingerprint density at radius 3 is 1.58 bits per heavy atom. The number of hydrogen-bond acceptors (Lipinski definition) is 6. The molecule has 48 heavy (non-hydrogen) atoms. The van der Waals surface area contributed by atoms with Crippen molar-refractivity contribution in [3.8, 4) is 0 Å². The molecule has 0 rings (SSSR count). The van der Waals surface area contributed by atoms with Crippen LogP contribution in [0.2, 0.25) is 0 Å². The van der Waals surface area contributed by atoms with Gasteiger partial charge in [-0.1, -0.05) is 139 Å². The molecular weight excluding hydrogens is 600 g/mol. The Bertz CT molecular complexity index is 955. The lowest BCUT2D eigenvalue weighted by atomic mass is 10.1. The first-order chi connectivity index (χ1) is 23.5. The number of unbranched alkanes of at least 4 members (excludes halogenated alkanes) is 11. The van der Waals surface area contributed by atoms with Crippen molar-refractivity contribution in [1.82, 2.24) is 0 Å². The lowest BCUT2D eigenvalue weighted by Gasteiger charge is -2.18. The quantitative estimate of drug-likeness (QED) is 0.0233. The smallest absolute Gasteiger partial charge is 0.309 e. The summed E-state index contributed by atoms with van der Waals surface area (Å²) in [5.74, 6) is -1.11. The third-order valence-electron chi connectivity index (χ3n) is 7.48. The third-order valence-corrected chi connectivity index (χ3v) is 7.48. The molecule has 0 aromatic heterocycles. The number of esters is 3. The summed E-state index contributed by atoms with van der Waals surface area (Å²) < 4.78 is 16.4. The highest BCUT2D eigenvalue weighted by atomic mass is 16.6. The number of rotatable bonds is 32. The molecule has 0 radical (unpaired) electrons. The van der Waals surface area contributed by atoms with Crippen LogP contribution in [-0.4, -0.2) is 37.2 Å². The van der Waals surface area contributed by atoms with Gasteiger partial charge in [-0.3, -0.25) is 14.4 Å². The highest BCUT2D eigenvalue weighted by Crippen LogP contribution is 2.10. The second kappa shape index (κ2) is 36.7. The van der Waals surface area contributed by atoms with Gasteiger partial charge in [0.25, 0.3) is 0 Å². The Hall–Kier alpha value is -3.15. The van der Waals surface area contributed by atoms with Crippen molar-refractivity contribution >= 4 is 17.9 Å². The summed E-state index contributed by atoms with van der Waals surface area (Å²) in [4.78, 5) is 37.3. The molecule has 0 spiro atoms. The fourth-order valence-electron chi connectivity index (χ4n) is 4.57. The van der Waals surface area contributed by atoms with Crippen LogP contribution in [0.5, 0.6) is 0 Å². The van der Waals surface area contributed by atoms with Gasteiger partial charge in [0.1, 0.15) is 13.2 Å². The number of hydrogen-bond donors (Lipinski definition) is 0. The van der Waals surface area contributed by atoms with Crippen LogP contribution < -0.4 is 0 Å². The van der Waals surface area contributed by atoms with Gasteiger partial charge in [-0.25, -0.2) is 0 Å². The number of allylic oxidation sites excluding steroid dienone is 11. The summed E-state index contributed by atoms with van der Waals surface area (Å²) >= 11 is 0. The van der Waals surface area contributed by atoms with Crippen molar-refractivity contribution < 1.29 is 28.6 Å². The van der Waals surface area contributed by atoms with Gasteiger partial charge in [-0.05, 0) is 70.6 Å². The van der Waals surface area contributed by atoms with Gasteiger partial charge in [-0.2, -0.15) is 0 Å². The van der Waals surface area contributed by atoms with Crippen molar-refractivity contribution in [2.24, 2.45) is 0 Å². The number of carbonyl (C=O) groups is 3. The summed E-state index contributed by atoms with van der Waals surface area (Å²) in [5.41, 5.74) is 0. The normalized spacial score (nSPS) is 12.8. The summed E-state index contributed by atoms with van der Waals surface area (Å²) in [6.07, 6.45) is 43.5. The molecule has 0 aliphatic carbocycles. The van der Waals surface area contributed by atoms with Crippen LogP contribution in [0.25, 0.3) is 0 Å². The molecule has 0 saturated carbocycles. The third kappa shape index (κ3) is 34.2. The van der Waals surface area contributed by atoms with E-state index in [2.05, 4.69) is 81.5 Å². The van der Waals surface area contributed by atoms with Crippen molar-refractivity contribution in [3.05, 3.63) is 72.9 Å². The van der Waals surface area contributed by atoms with Gasteiger partial charge in [0.15, 0.2) is 6.10 Å². The molecule has 1 unspecified atom stereocenters.